The molecule has 0 aromatic heterocycles. The molecule has 4 rings (SSSR count). The summed E-state index contributed by atoms with van der Waals surface area (Å²) in [6.07, 6.45) is 4.38. The lowest BCUT2D eigenvalue weighted by molar-refractivity contribution is -0.216. The Balaban J connectivity index is 1.74. The number of benzene rings is 2. The first kappa shape index (κ1) is 22.0. The van der Waals surface area contributed by atoms with Gasteiger partial charge in [-0.1, -0.05) is 72.8 Å². The molecule has 2 saturated heterocycles. The van der Waals surface area contributed by atoms with Gasteiger partial charge < -0.3 is 14.9 Å². The van der Waals surface area contributed by atoms with Crippen LogP contribution in [0.15, 0.2) is 86.0 Å². The smallest absolute Gasteiger partial charge is 0.231 e. The number of fused-ring (bicyclic) bond motifs is 2. The van der Waals surface area contributed by atoms with Gasteiger partial charge in [0.25, 0.3) is 0 Å². The third-order valence-electron chi connectivity index (χ3n) is 6.78. The number of aliphatic hydroxyl groups is 1. The molecule has 2 fully saturated rings. The van der Waals surface area contributed by atoms with Gasteiger partial charge in [-0.15, -0.1) is 13.2 Å². The number of piperidine rings is 2. The van der Waals surface area contributed by atoms with E-state index in [4.69, 9.17) is 0 Å². The molecule has 2 aliphatic rings. The molecule has 5 heteroatoms. The van der Waals surface area contributed by atoms with Crippen LogP contribution in [-0.2, 0) is 22.7 Å². The number of amides is 2. The van der Waals surface area contributed by atoms with E-state index in [1.165, 1.54) is 4.90 Å². The molecule has 2 amide bonds. The van der Waals surface area contributed by atoms with Crippen molar-refractivity contribution in [2.45, 2.75) is 44.1 Å². The molecule has 166 valence electrons. The Labute approximate surface area is 189 Å². The summed E-state index contributed by atoms with van der Waals surface area (Å²) in [5.74, 6) is -1.32. The monoisotopic (exact) mass is 430 g/mol. The highest BCUT2D eigenvalue weighted by Crippen LogP contribution is 2.46. The molecule has 0 radical (unpaired) electrons. The molecule has 2 aliphatic heterocycles. The van der Waals surface area contributed by atoms with Crippen LogP contribution in [0, 0.1) is 11.8 Å². The Kier molecular flexibility index (Phi) is 6.28. The first-order chi connectivity index (χ1) is 15.5. The molecule has 2 heterocycles. The van der Waals surface area contributed by atoms with Crippen molar-refractivity contribution in [3.8, 4) is 0 Å². The van der Waals surface area contributed by atoms with Gasteiger partial charge in [-0.2, -0.15) is 0 Å². The van der Waals surface area contributed by atoms with Crippen LogP contribution in [0.3, 0.4) is 0 Å². The van der Waals surface area contributed by atoms with Crippen LogP contribution in [0.5, 0.6) is 0 Å². The fourth-order valence-corrected chi connectivity index (χ4v) is 5.21. The maximum Gasteiger partial charge on any atom is 0.231 e. The van der Waals surface area contributed by atoms with Crippen molar-refractivity contribution in [1.82, 2.24) is 9.80 Å². The van der Waals surface area contributed by atoms with E-state index >= 15 is 0 Å². The number of carbonyl (C=O) groups is 2. The molecule has 5 nitrogen and oxygen atoms in total. The average molecular weight is 431 g/mol. The zero-order chi connectivity index (χ0) is 22.7. The minimum atomic E-state index is -1.60. The predicted molar refractivity (Wildman–Crippen MR) is 124 cm³/mol. The molecular formula is C27H30N2O3. The number of carbonyl (C=O) groups excluding carboxylic acids is 2. The van der Waals surface area contributed by atoms with E-state index in [-0.39, 0.29) is 36.7 Å². The molecule has 1 N–H and O–H groups in total. The normalized spacial score (nSPS) is 27.3. The van der Waals surface area contributed by atoms with E-state index in [0.29, 0.717) is 19.4 Å². The lowest BCUT2D eigenvalue weighted by atomic mass is 9.70. The van der Waals surface area contributed by atoms with Crippen LogP contribution < -0.4 is 0 Å². The van der Waals surface area contributed by atoms with Crippen molar-refractivity contribution in [2.24, 2.45) is 11.8 Å². The van der Waals surface area contributed by atoms with Crippen molar-refractivity contribution in [3.63, 3.8) is 0 Å². The molecule has 32 heavy (non-hydrogen) atoms. The second-order valence-corrected chi connectivity index (χ2v) is 8.72. The zero-order valence-corrected chi connectivity index (χ0v) is 18.3. The van der Waals surface area contributed by atoms with Gasteiger partial charge in [0, 0.05) is 25.6 Å². The van der Waals surface area contributed by atoms with Crippen LogP contribution in [0.2, 0.25) is 0 Å². The quantitative estimate of drug-likeness (QED) is 0.646. The third-order valence-corrected chi connectivity index (χ3v) is 6.78. The average Bonchev–Trinajstić information content (AvgIpc) is 2.80. The summed E-state index contributed by atoms with van der Waals surface area (Å²) in [5.41, 5.74) is 0.309. The summed E-state index contributed by atoms with van der Waals surface area (Å²) in [6, 6.07) is 19.1. The van der Waals surface area contributed by atoms with E-state index in [1.807, 2.05) is 60.7 Å². The lowest BCUT2D eigenvalue weighted by Crippen LogP contribution is -2.71. The first-order valence-corrected chi connectivity index (χ1v) is 11.1. The fraction of sp³-hybridized carbons (Fsp3) is 0.333. The van der Waals surface area contributed by atoms with Crippen LogP contribution >= 0.6 is 0 Å². The number of hydrogen-bond acceptors (Lipinski definition) is 3. The van der Waals surface area contributed by atoms with Gasteiger partial charge in [-0.05, 0) is 24.0 Å². The Bertz CT molecular complexity index is 988. The molecule has 2 aromatic carbocycles. The summed E-state index contributed by atoms with van der Waals surface area (Å²) in [7, 11) is 0. The standard InChI is InChI=1S/C27H30N2O3/c1-3-11-24-22-17-23(26(31)28(24)18-20-12-7-5-8-13-20)27(32,16-4-2)29(25(22)30)19-21-14-9-6-10-15-21/h3-10,12-15,22-24,32H,1-2,11,16-19H2/t22-,23+,24+,27-/m1/s1. The molecule has 0 spiro atoms. The van der Waals surface area contributed by atoms with Gasteiger partial charge in [0.1, 0.15) is 0 Å². The van der Waals surface area contributed by atoms with Crippen LogP contribution in [0.1, 0.15) is 30.4 Å². The Morgan fingerprint density at radius 2 is 1.50 bits per heavy atom. The van der Waals surface area contributed by atoms with Crippen molar-refractivity contribution in [1.29, 1.82) is 0 Å². The van der Waals surface area contributed by atoms with Gasteiger partial charge >= 0.3 is 0 Å². The van der Waals surface area contributed by atoms with Gasteiger partial charge in [0.15, 0.2) is 5.72 Å². The highest BCUT2D eigenvalue weighted by atomic mass is 16.3. The summed E-state index contributed by atoms with van der Waals surface area (Å²) in [4.78, 5) is 30.9. The second kappa shape index (κ2) is 9.13. The lowest BCUT2D eigenvalue weighted by Gasteiger charge is -2.56. The Morgan fingerprint density at radius 3 is 2.06 bits per heavy atom. The van der Waals surface area contributed by atoms with E-state index in [9.17, 15) is 14.7 Å². The number of nitrogens with zero attached hydrogens (tertiary/aromatic N) is 2. The van der Waals surface area contributed by atoms with Gasteiger partial charge in [0.2, 0.25) is 11.8 Å². The predicted octanol–water partition coefficient (Wildman–Crippen LogP) is 3.90. The van der Waals surface area contributed by atoms with Gasteiger partial charge in [-0.25, -0.2) is 0 Å². The third kappa shape index (κ3) is 3.89. The topological polar surface area (TPSA) is 60.9 Å². The van der Waals surface area contributed by atoms with E-state index in [0.717, 1.165) is 11.1 Å². The highest BCUT2D eigenvalue weighted by Gasteiger charge is 2.60. The molecule has 0 saturated carbocycles. The number of likely N-dealkylation sites (tertiary alicyclic amines) is 2. The minimum Gasteiger partial charge on any atom is -0.370 e. The van der Waals surface area contributed by atoms with Crippen LogP contribution in [-0.4, -0.2) is 38.5 Å². The molecule has 2 bridgehead atoms. The van der Waals surface area contributed by atoms with Crippen molar-refractivity contribution in [3.05, 3.63) is 97.1 Å². The summed E-state index contributed by atoms with van der Waals surface area (Å²) >= 11 is 0. The van der Waals surface area contributed by atoms with Gasteiger partial charge in [-0.3, -0.25) is 9.59 Å². The summed E-state index contributed by atoms with van der Waals surface area (Å²) in [5, 5.41) is 11.8. The number of rotatable bonds is 8. The summed E-state index contributed by atoms with van der Waals surface area (Å²) < 4.78 is 0. The molecule has 4 atom stereocenters. The maximum absolute atomic E-state index is 13.8. The molecular weight excluding hydrogens is 400 g/mol. The Hall–Kier alpha value is -3.18. The zero-order valence-electron chi connectivity index (χ0n) is 18.3. The molecule has 0 unspecified atom stereocenters. The van der Waals surface area contributed by atoms with Crippen LogP contribution in [0.4, 0.5) is 0 Å². The first-order valence-electron chi connectivity index (χ1n) is 11.1. The second-order valence-electron chi connectivity index (χ2n) is 8.72. The van der Waals surface area contributed by atoms with E-state index in [1.54, 1.807) is 17.1 Å². The van der Waals surface area contributed by atoms with Crippen LogP contribution in [0.25, 0.3) is 0 Å². The summed E-state index contributed by atoms with van der Waals surface area (Å²) in [6.45, 7) is 8.32. The maximum atomic E-state index is 13.8. The minimum absolute atomic E-state index is 0.119. The van der Waals surface area contributed by atoms with E-state index < -0.39 is 11.6 Å². The Morgan fingerprint density at radius 1 is 0.906 bits per heavy atom. The van der Waals surface area contributed by atoms with E-state index in [2.05, 4.69) is 13.2 Å². The van der Waals surface area contributed by atoms with Gasteiger partial charge in [0.05, 0.1) is 11.8 Å². The molecule has 2 aromatic rings. The SMILES string of the molecule is C=CC[C@H]1[C@H]2C[C@@H](C(=O)N1Cc1ccccc1)[C@](O)(CC=C)N(Cc1ccccc1)C2=O. The van der Waals surface area contributed by atoms with Crippen molar-refractivity contribution in [2.75, 3.05) is 0 Å². The largest absolute Gasteiger partial charge is 0.370 e. The molecule has 0 aliphatic carbocycles. The van der Waals surface area contributed by atoms with Crippen molar-refractivity contribution < 1.29 is 14.7 Å². The highest BCUT2D eigenvalue weighted by molar-refractivity contribution is 5.90. The number of hydrogen-bond donors (Lipinski definition) is 1. The fourth-order valence-electron chi connectivity index (χ4n) is 5.21. The van der Waals surface area contributed by atoms with Crippen molar-refractivity contribution >= 4 is 11.8 Å².